The molecule has 3 aromatic rings. The van der Waals surface area contributed by atoms with Crippen LogP contribution in [0.25, 0.3) is 11.0 Å². The van der Waals surface area contributed by atoms with Gasteiger partial charge in [-0.2, -0.15) is 5.26 Å². The number of aromatic nitrogens is 3. The number of nitrogens with two attached hydrogens (primary N) is 1. The molecule has 0 saturated carbocycles. The van der Waals surface area contributed by atoms with Crippen LogP contribution in [0, 0.1) is 23.2 Å². The van der Waals surface area contributed by atoms with Crippen LogP contribution in [0.2, 0.25) is 5.02 Å². The number of piperidine rings is 1. The third-order valence-corrected chi connectivity index (χ3v) is 8.10. The average molecular weight is 590 g/mol. The van der Waals surface area contributed by atoms with Crippen LogP contribution in [0.5, 0.6) is 0 Å². The second kappa shape index (κ2) is 10.9. The molecule has 4 heterocycles. The monoisotopic (exact) mass is 589 g/mol. The number of anilines is 3. The number of imidazole rings is 1. The molecule has 0 amide bonds. The van der Waals surface area contributed by atoms with Gasteiger partial charge in [0.05, 0.1) is 46.5 Å². The summed E-state index contributed by atoms with van der Waals surface area (Å²) < 4.78 is 37.4. The highest BCUT2D eigenvalue weighted by Gasteiger charge is 2.48. The van der Waals surface area contributed by atoms with Gasteiger partial charge >= 0.3 is 5.69 Å². The smallest absolute Gasteiger partial charge is 0.329 e. The molecule has 2 atom stereocenters. The number of fused-ring (bicyclic) bond motifs is 1. The molecule has 0 spiro atoms. The Hall–Kier alpha value is -3.24. The van der Waals surface area contributed by atoms with Crippen molar-refractivity contribution in [2.75, 3.05) is 36.5 Å². The summed E-state index contributed by atoms with van der Waals surface area (Å²) in [6.07, 6.45) is 0.373. The van der Waals surface area contributed by atoms with E-state index in [2.05, 4.69) is 16.4 Å². The predicted molar refractivity (Wildman–Crippen MR) is 153 cm³/mol. The number of rotatable bonds is 8. The molecule has 0 unspecified atom stereocenters. The number of alkyl halides is 2. The van der Waals surface area contributed by atoms with Crippen molar-refractivity contribution >= 4 is 40.0 Å². The number of nitrogens with zero attached hydrogens (tertiary/aromatic N) is 5. The number of ether oxygens (including phenoxy) is 1. The van der Waals surface area contributed by atoms with Crippen molar-refractivity contribution in [1.82, 2.24) is 14.1 Å². The van der Waals surface area contributed by atoms with Crippen molar-refractivity contribution in [1.29, 1.82) is 5.26 Å². The summed E-state index contributed by atoms with van der Waals surface area (Å²) in [5.74, 6) is -3.37. The fourth-order valence-corrected chi connectivity index (χ4v) is 5.47. The Morgan fingerprint density at radius 1 is 1.27 bits per heavy atom. The second-order valence-electron chi connectivity index (χ2n) is 11.7. The van der Waals surface area contributed by atoms with E-state index in [1.807, 2.05) is 12.1 Å². The molecular weight excluding hydrogens is 556 g/mol. The lowest BCUT2D eigenvalue weighted by molar-refractivity contribution is -0.0807. The number of aliphatic hydroxyl groups is 1. The molecule has 0 radical (unpaired) electrons. The molecule has 0 aliphatic carbocycles. The standard InChI is InChI=1S/C28H34ClF2N7O3/c1-16-11-36(13-23(33)28(16,30)31)25-18(10-32)8-20(29)24(35-25)34-19-4-5-21-22(9-19)37(7-6-27(2,3)40)26(39)38(21)12-17-14-41-15-17/h4-5,8-9,16-17,23,40H,6-7,11-15,33H2,1-3H3,(H,34,35)/t16-,23+/m0/s1. The van der Waals surface area contributed by atoms with Crippen molar-refractivity contribution < 1.29 is 18.6 Å². The first-order chi connectivity index (χ1) is 19.3. The summed E-state index contributed by atoms with van der Waals surface area (Å²) >= 11 is 6.49. The van der Waals surface area contributed by atoms with E-state index in [0.29, 0.717) is 43.9 Å². The van der Waals surface area contributed by atoms with Crippen LogP contribution in [0.3, 0.4) is 0 Å². The van der Waals surface area contributed by atoms with Gasteiger partial charge in [0.15, 0.2) is 5.82 Å². The first-order valence-corrected chi connectivity index (χ1v) is 14.0. The summed E-state index contributed by atoms with van der Waals surface area (Å²) in [7, 11) is 0. The topological polar surface area (TPSA) is 134 Å². The van der Waals surface area contributed by atoms with Gasteiger partial charge in [0.25, 0.3) is 5.92 Å². The highest BCUT2D eigenvalue weighted by atomic mass is 35.5. The summed E-state index contributed by atoms with van der Waals surface area (Å²) in [5, 5.41) is 23.4. The lowest BCUT2D eigenvalue weighted by Gasteiger charge is -2.41. The van der Waals surface area contributed by atoms with Crippen LogP contribution in [0.4, 0.5) is 26.1 Å². The molecule has 4 N–H and O–H groups in total. The molecule has 2 aliphatic heterocycles. The Balaban J connectivity index is 1.50. The first kappa shape index (κ1) is 29.3. The lowest BCUT2D eigenvalue weighted by atomic mass is 9.91. The normalized spacial score (nSPS) is 21.1. The Bertz CT molecular complexity index is 1540. The van der Waals surface area contributed by atoms with E-state index in [1.54, 1.807) is 33.9 Å². The largest absolute Gasteiger partial charge is 0.390 e. The Morgan fingerprint density at radius 2 is 2.00 bits per heavy atom. The minimum absolute atomic E-state index is 0.0254. The Kier molecular flexibility index (Phi) is 7.76. The quantitative estimate of drug-likeness (QED) is 0.362. The Morgan fingerprint density at radius 3 is 2.61 bits per heavy atom. The third-order valence-electron chi connectivity index (χ3n) is 7.82. The van der Waals surface area contributed by atoms with Crippen LogP contribution < -0.4 is 21.6 Å². The molecule has 0 bridgehead atoms. The molecule has 2 aliphatic rings. The van der Waals surface area contributed by atoms with E-state index in [-0.39, 0.29) is 46.9 Å². The van der Waals surface area contributed by atoms with Gasteiger partial charge in [-0.3, -0.25) is 9.13 Å². The molecule has 2 aromatic heterocycles. The first-order valence-electron chi connectivity index (χ1n) is 13.6. The zero-order valence-corrected chi connectivity index (χ0v) is 24.0. The number of nitriles is 1. The summed E-state index contributed by atoms with van der Waals surface area (Å²) in [6, 6.07) is 7.53. The molecule has 2 fully saturated rings. The van der Waals surface area contributed by atoms with E-state index in [0.717, 1.165) is 5.52 Å². The van der Waals surface area contributed by atoms with Crippen LogP contribution in [-0.2, 0) is 17.8 Å². The maximum atomic E-state index is 14.4. The average Bonchev–Trinajstić information content (AvgIpc) is 3.13. The fraction of sp³-hybridized carbons (Fsp3) is 0.536. The number of nitrogens with one attached hydrogen (secondary N) is 1. The highest BCUT2D eigenvalue weighted by molar-refractivity contribution is 6.33. The zero-order valence-electron chi connectivity index (χ0n) is 23.2. The second-order valence-corrected chi connectivity index (χ2v) is 12.1. The molecule has 220 valence electrons. The Labute approximate surface area is 241 Å². The summed E-state index contributed by atoms with van der Waals surface area (Å²) in [4.78, 5) is 19.6. The van der Waals surface area contributed by atoms with Gasteiger partial charge in [-0.05, 0) is 44.5 Å². The van der Waals surface area contributed by atoms with E-state index in [4.69, 9.17) is 22.1 Å². The van der Waals surface area contributed by atoms with Gasteiger partial charge in [0.1, 0.15) is 11.9 Å². The minimum atomic E-state index is -3.03. The lowest BCUT2D eigenvalue weighted by Crippen LogP contribution is -2.60. The van der Waals surface area contributed by atoms with Gasteiger partial charge in [0.2, 0.25) is 0 Å². The highest BCUT2D eigenvalue weighted by Crippen LogP contribution is 2.37. The van der Waals surface area contributed by atoms with Gasteiger partial charge in [-0.25, -0.2) is 18.6 Å². The molecule has 5 rings (SSSR count). The van der Waals surface area contributed by atoms with Crippen LogP contribution in [0.15, 0.2) is 29.1 Å². The number of hydrogen-bond donors (Lipinski definition) is 3. The van der Waals surface area contributed by atoms with Crippen LogP contribution >= 0.6 is 11.6 Å². The molecule has 2 saturated heterocycles. The van der Waals surface area contributed by atoms with E-state index >= 15 is 0 Å². The molecule has 10 nitrogen and oxygen atoms in total. The number of hydrogen-bond acceptors (Lipinski definition) is 8. The van der Waals surface area contributed by atoms with Crippen LogP contribution in [0.1, 0.15) is 32.8 Å². The number of halogens is 3. The van der Waals surface area contributed by atoms with Crippen molar-refractivity contribution in [2.24, 2.45) is 17.6 Å². The van der Waals surface area contributed by atoms with Crippen molar-refractivity contribution in [3.63, 3.8) is 0 Å². The van der Waals surface area contributed by atoms with Crippen molar-refractivity contribution in [3.8, 4) is 6.07 Å². The van der Waals surface area contributed by atoms with Crippen LogP contribution in [-0.4, -0.2) is 63.1 Å². The third kappa shape index (κ3) is 5.77. The predicted octanol–water partition coefficient (Wildman–Crippen LogP) is 3.69. The molecule has 1 aromatic carbocycles. The van der Waals surface area contributed by atoms with E-state index in [1.165, 1.54) is 13.0 Å². The van der Waals surface area contributed by atoms with Gasteiger partial charge < -0.3 is 25.8 Å². The summed E-state index contributed by atoms with van der Waals surface area (Å²) in [5.41, 5.74) is 6.82. The SMILES string of the molecule is C[C@H]1CN(c2nc(Nc3ccc4c(c3)n(CCC(C)(C)O)c(=O)n4CC3COC3)c(Cl)cc2C#N)C[C@@H](N)C1(F)F. The minimum Gasteiger partial charge on any atom is -0.390 e. The number of aryl methyl sites for hydroxylation is 1. The van der Waals surface area contributed by atoms with Crippen molar-refractivity contribution in [2.45, 2.75) is 57.8 Å². The molecule has 13 heteroatoms. The zero-order chi connectivity index (χ0) is 29.7. The summed E-state index contributed by atoms with van der Waals surface area (Å²) in [6.45, 7) is 6.67. The maximum Gasteiger partial charge on any atom is 0.329 e. The molecule has 41 heavy (non-hydrogen) atoms. The van der Waals surface area contributed by atoms with Gasteiger partial charge in [0, 0.05) is 43.7 Å². The van der Waals surface area contributed by atoms with E-state index < -0.39 is 23.5 Å². The van der Waals surface area contributed by atoms with Gasteiger partial charge in [-0.1, -0.05) is 18.5 Å². The fourth-order valence-electron chi connectivity index (χ4n) is 5.27. The van der Waals surface area contributed by atoms with Crippen molar-refractivity contribution in [3.05, 3.63) is 45.3 Å². The maximum absolute atomic E-state index is 14.4. The van der Waals surface area contributed by atoms with Gasteiger partial charge in [-0.15, -0.1) is 0 Å². The number of benzene rings is 1. The molecular formula is C28H34ClF2N7O3. The number of pyridine rings is 1. The van der Waals surface area contributed by atoms with E-state index in [9.17, 15) is 23.9 Å².